The van der Waals surface area contributed by atoms with E-state index in [-0.39, 0.29) is 5.92 Å². The Morgan fingerprint density at radius 1 is 1.46 bits per heavy atom. The minimum absolute atomic E-state index is 0.159. The van der Waals surface area contributed by atoms with Gasteiger partial charge in [-0.15, -0.1) is 0 Å². The fraction of sp³-hybridized carbons (Fsp3) is 0.556. The van der Waals surface area contributed by atoms with Crippen molar-refractivity contribution in [3.8, 4) is 5.75 Å². The van der Waals surface area contributed by atoms with Crippen LogP contribution in [0.1, 0.15) is 39.2 Å². The van der Waals surface area contributed by atoms with Crippen LogP contribution in [-0.4, -0.2) is 41.5 Å². The van der Waals surface area contributed by atoms with Crippen LogP contribution in [0.15, 0.2) is 22.6 Å². The Labute approximate surface area is 167 Å². The lowest BCUT2D eigenvalue weighted by atomic mass is 9.95. The smallest absolute Gasteiger partial charge is 0.414 e. The van der Waals surface area contributed by atoms with E-state index in [1.807, 2.05) is 39.0 Å². The number of nitrogens with one attached hydrogen (secondary N) is 1. The van der Waals surface area contributed by atoms with E-state index >= 15 is 0 Å². The molecule has 3 aliphatic rings. The number of nitrogens with two attached hydrogens (primary N) is 1. The quantitative estimate of drug-likeness (QED) is 0.446. The summed E-state index contributed by atoms with van der Waals surface area (Å²) >= 11 is 1.18. The van der Waals surface area contributed by atoms with Gasteiger partial charge in [0.25, 0.3) is 0 Å². The van der Waals surface area contributed by atoms with Crippen LogP contribution >= 0.6 is 12.1 Å². The Kier molecular flexibility index (Phi) is 4.80. The molecule has 28 heavy (non-hydrogen) atoms. The van der Waals surface area contributed by atoms with E-state index in [0.717, 1.165) is 24.1 Å². The number of amidine groups is 1. The molecule has 1 amide bonds. The number of ether oxygens (including phenoxy) is 2. The monoisotopic (exact) mass is 408 g/mol. The summed E-state index contributed by atoms with van der Waals surface area (Å²) in [6.07, 6.45) is 1.15. The van der Waals surface area contributed by atoms with Crippen molar-refractivity contribution >= 4 is 29.8 Å². The number of rotatable bonds is 3. The topological polar surface area (TPSA) is 114 Å². The molecule has 3 aliphatic heterocycles. The molecular weight excluding hydrogens is 384 g/mol. The average molecular weight is 408 g/mol. The third-order valence-electron chi connectivity index (χ3n) is 4.72. The molecule has 3 heterocycles. The number of nitrogens with zero attached hydrogens (tertiary/aromatic N) is 2. The Balaban J connectivity index is 1.48. The van der Waals surface area contributed by atoms with E-state index in [9.17, 15) is 4.79 Å². The van der Waals surface area contributed by atoms with Gasteiger partial charge in [0.2, 0.25) is 0 Å². The molecule has 1 unspecified atom stereocenters. The predicted molar refractivity (Wildman–Crippen MR) is 104 cm³/mol. The minimum Gasteiger partial charge on any atom is -0.492 e. The first-order chi connectivity index (χ1) is 13.3. The molecule has 0 saturated carbocycles. The van der Waals surface area contributed by atoms with Gasteiger partial charge in [0.15, 0.2) is 0 Å². The van der Waals surface area contributed by atoms with E-state index in [4.69, 9.17) is 25.0 Å². The van der Waals surface area contributed by atoms with E-state index in [0.29, 0.717) is 24.7 Å². The number of hydrogen-bond donors (Lipinski definition) is 2. The van der Waals surface area contributed by atoms with Gasteiger partial charge in [-0.05, 0) is 45.7 Å². The lowest BCUT2D eigenvalue weighted by molar-refractivity contribution is -0.0513. The van der Waals surface area contributed by atoms with Crippen molar-refractivity contribution in [2.45, 2.75) is 45.1 Å². The van der Waals surface area contributed by atoms with E-state index in [1.54, 1.807) is 0 Å². The van der Waals surface area contributed by atoms with Crippen molar-refractivity contribution in [1.29, 1.82) is 0 Å². The van der Waals surface area contributed by atoms with Gasteiger partial charge in [-0.25, -0.2) is 4.79 Å². The zero-order chi connectivity index (χ0) is 19.9. The molecule has 0 bridgehead atoms. The molecule has 1 spiro atoms. The summed E-state index contributed by atoms with van der Waals surface area (Å²) < 4.78 is 18.8. The van der Waals surface area contributed by atoms with Gasteiger partial charge in [0, 0.05) is 6.54 Å². The number of carbonyl (C=O) groups excluding carboxylic acids is 1. The van der Waals surface area contributed by atoms with Crippen molar-refractivity contribution in [1.82, 2.24) is 4.90 Å². The fourth-order valence-electron chi connectivity index (χ4n) is 3.41. The maximum atomic E-state index is 12.6. The molecule has 1 aromatic carbocycles. The number of anilines is 1. The molecule has 1 aromatic rings. The van der Waals surface area contributed by atoms with Crippen LogP contribution in [0.5, 0.6) is 5.75 Å². The minimum atomic E-state index is -1.12. The number of fused-ring (bicyclic) bond motifs is 1. The zero-order valence-electron chi connectivity index (χ0n) is 16.1. The lowest BCUT2D eigenvalue weighted by Gasteiger charge is -2.36. The molecule has 1 atom stereocenters. The Hall–Kier alpha value is -2.17. The van der Waals surface area contributed by atoms with Crippen LogP contribution in [0.25, 0.3) is 0 Å². The highest BCUT2D eigenvalue weighted by Crippen LogP contribution is 2.47. The molecule has 152 valence electrons. The number of likely N-dealkylation sites (tertiary alicyclic amines) is 1. The Bertz CT molecular complexity index is 806. The standard InChI is InChI=1S/C18H24N4O5S/c1-17(2,3)25-16(23)22-9-5-6-11(18(22)26-27-18)10-24-13-8-4-7-12-14(13)15(19)21-28-20-12/h4,7-8,11,20H,5-6,9-10H2,1-3H3,(H2,19,21). The van der Waals surface area contributed by atoms with E-state index < -0.39 is 17.6 Å². The van der Waals surface area contributed by atoms with Crippen LogP contribution in [-0.2, 0) is 14.5 Å². The molecule has 2 fully saturated rings. The van der Waals surface area contributed by atoms with Crippen molar-refractivity contribution in [2.75, 3.05) is 17.9 Å². The first-order valence-corrected chi connectivity index (χ1v) is 9.97. The van der Waals surface area contributed by atoms with Crippen LogP contribution in [0.4, 0.5) is 10.5 Å². The summed E-state index contributed by atoms with van der Waals surface area (Å²) in [5.41, 5.74) is 7.02. The van der Waals surface area contributed by atoms with Crippen LogP contribution in [0.3, 0.4) is 0 Å². The van der Waals surface area contributed by atoms with Crippen molar-refractivity contribution in [2.24, 2.45) is 16.0 Å². The summed E-state index contributed by atoms with van der Waals surface area (Å²) in [7, 11) is 0. The number of hydrogen-bond acceptors (Lipinski definition) is 9. The summed E-state index contributed by atoms with van der Waals surface area (Å²) in [5, 5.41) is 0. The molecule has 0 radical (unpaired) electrons. The van der Waals surface area contributed by atoms with Gasteiger partial charge >= 0.3 is 12.0 Å². The summed E-state index contributed by atoms with van der Waals surface area (Å²) in [6.45, 7) is 6.29. The Morgan fingerprint density at radius 2 is 2.25 bits per heavy atom. The third kappa shape index (κ3) is 3.59. The number of amides is 1. The van der Waals surface area contributed by atoms with Crippen molar-refractivity contribution < 1.29 is 24.0 Å². The normalized spacial score (nSPS) is 22.8. The second-order valence-corrected chi connectivity index (χ2v) is 8.50. The third-order valence-corrected chi connectivity index (χ3v) is 5.32. The van der Waals surface area contributed by atoms with Crippen LogP contribution in [0, 0.1) is 5.92 Å². The van der Waals surface area contributed by atoms with E-state index in [2.05, 4.69) is 9.12 Å². The molecule has 0 aliphatic carbocycles. The average Bonchev–Trinajstić information content (AvgIpc) is 3.40. The molecule has 0 aromatic heterocycles. The molecule has 10 heteroatoms. The summed E-state index contributed by atoms with van der Waals surface area (Å²) in [5.74, 6) is -0.254. The van der Waals surface area contributed by atoms with Gasteiger partial charge in [0.1, 0.15) is 17.2 Å². The summed E-state index contributed by atoms with van der Waals surface area (Å²) in [6, 6.07) is 5.64. The molecule has 4 rings (SSSR count). The highest BCUT2D eigenvalue weighted by atomic mass is 32.2. The van der Waals surface area contributed by atoms with Crippen molar-refractivity contribution in [3.05, 3.63) is 23.8 Å². The van der Waals surface area contributed by atoms with Crippen LogP contribution < -0.4 is 15.2 Å². The van der Waals surface area contributed by atoms with Gasteiger partial charge < -0.3 is 19.9 Å². The molecule has 3 N–H and O–H groups in total. The van der Waals surface area contributed by atoms with Crippen LogP contribution in [0.2, 0.25) is 0 Å². The first kappa shape index (κ1) is 19.2. The van der Waals surface area contributed by atoms with Crippen molar-refractivity contribution in [3.63, 3.8) is 0 Å². The molecular formula is C18H24N4O5S. The Morgan fingerprint density at radius 3 is 2.96 bits per heavy atom. The number of carbonyl (C=O) groups is 1. The molecule has 9 nitrogen and oxygen atoms in total. The summed E-state index contributed by atoms with van der Waals surface area (Å²) in [4.78, 5) is 24.7. The zero-order valence-corrected chi connectivity index (χ0v) is 16.9. The maximum Gasteiger partial charge on any atom is 0.414 e. The second-order valence-electron chi connectivity index (χ2n) is 7.93. The highest BCUT2D eigenvalue weighted by Gasteiger charge is 2.64. The fourth-order valence-corrected chi connectivity index (χ4v) is 3.91. The largest absolute Gasteiger partial charge is 0.492 e. The van der Waals surface area contributed by atoms with Gasteiger partial charge in [-0.1, -0.05) is 6.07 Å². The maximum absolute atomic E-state index is 12.6. The SMILES string of the molecule is CC(C)(C)OC(=O)N1CCCC(COc2cccc3c2C(N)=NSN3)C12OO2. The van der Waals surface area contributed by atoms with Gasteiger partial charge in [-0.3, -0.25) is 4.90 Å². The second kappa shape index (κ2) is 7.02. The van der Waals surface area contributed by atoms with Gasteiger partial charge in [-0.2, -0.15) is 14.2 Å². The highest BCUT2D eigenvalue weighted by molar-refractivity contribution is 7.99. The first-order valence-electron chi connectivity index (χ1n) is 9.19. The number of benzene rings is 1. The molecule has 2 saturated heterocycles. The number of piperidine rings is 1. The van der Waals surface area contributed by atoms with Gasteiger partial charge in [0.05, 0.1) is 35.9 Å². The van der Waals surface area contributed by atoms with E-state index in [1.165, 1.54) is 17.0 Å². The predicted octanol–water partition coefficient (Wildman–Crippen LogP) is 3.02. The lowest BCUT2D eigenvalue weighted by Crippen LogP contribution is -2.54.